The molecule has 0 saturated carbocycles. The minimum Gasteiger partial charge on any atom is -0.462 e. The number of benzene rings is 1. The number of hydrogen-bond donors (Lipinski definition) is 1. The van der Waals surface area contributed by atoms with Gasteiger partial charge >= 0.3 is 5.97 Å². The topological polar surface area (TPSA) is 61.6 Å². The van der Waals surface area contributed by atoms with Crippen LogP contribution in [0, 0.1) is 5.92 Å². The van der Waals surface area contributed by atoms with Crippen molar-refractivity contribution in [3.8, 4) is 0 Å². The van der Waals surface area contributed by atoms with E-state index in [0.29, 0.717) is 23.8 Å². The van der Waals surface area contributed by atoms with Crippen molar-refractivity contribution in [2.45, 2.75) is 12.8 Å². The van der Waals surface area contributed by atoms with Crippen molar-refractivity contribution >= 4 is 23.3 Å². The molecule has 0 amide bonds. The van der Waals surface area contributed by atoms with Crippen molar-refractivity contribution < 1.29 is 14.3 Å². The van der Waals surface area contributed by atoms with E-state index in [4.69, 9.17) is 26.8 Å². The fourth-order valence-corrected chi connectivity index (χ4v) is 2.09. The lowest BCUT2D eigenvalue weighted by molar-refractivity contribution is 0.0186. The third kappa shape index (κ3) is 3.15. The van der Waals surface area contributed by atoms with Crippen LogP contribution in [0.25, 0.3) is 0 Å². The van der Waals surface area contributed by atoms with E-state index >= 15 is 0 Å². The molecule has 1 saturated heterocycles. The molecule has 4 nitrogen and oxygen atoms in total. The second kappa shape index (κ2) is 6.07. The Morgan fingerprint density at radius 1 is 1.44 bits per heavy atom. The Kier molecular flexibility index (Phi) is 4.44. The van der Waals surface area contributed by atoms with E-state index in [1.807, 2.05) is 0 Å². The first-order chi connectivity index (χ1) is 8.68. The molecule has 0 aliphatic carbocycles. The third-order valence-corrected chi connectivity index (χ3v) is 3.46. The number of anilines is 1. The quantitative estimate of drug-likeness (QED) is 0.676. The van der Waals surface area contributed by atoms with Gasteiger partial charge in [0.25, 0.3) is 0 Å². The fraction of sp³-hybridized carbons (Fsp3) is 0.462. The molecular formula is C13H16ClNO3. The summed E-state index contributed by atoms with van der Waals surface area (Å²) in [6.07, 6.45) is 1.86. The summed E-state index contributed by atoms with van der Waals surface area (Å²) in [5, 5.41) is 0.259. The average Bonchev–Trinajstić information content (AvgIpc) is 2.40. The van der Waals surface area contributed by atoms with Gasteiger partial charge in [0.2, 0.25) is 0 Å². The zero-order chi connectivity index (χ0) is 13.0. The Hall–Kier alpha value is -1.26. The zero-order valence-corrected chi connectivity index (χ0v) is 10.8. The van der Waals surface area contributed by atoms with E-state index in [-0.39, 0.29) is 5.02 Å². The van der Waals surface area contributed by atoms with Crippen molar-refractivity contribution in [3.63, 3.8) is 0 Å². The highest BCUT2D eigenvalue weighted by molar-refractivity contribution is 6.36. The Balaban J connectivity index is 1.93. The van der Waals surface area contributed by atoms with Gasteiger partial charge in [-0.15, -0.1) is 0 Å². The number of rotatable bonds is 3. The predicted octanol–water partition coefficient (Wildman–Crippen LogP) is 2.51. The summed E-state index contributed by atoms with van der Waals surface area (Å²) >= 11 is 5.96. The van der Waals surface area contributed by atoms with Crippen molar-refractivity contribution in [2.24, 2.45) is 5.92 Å². The van der Waals surface area contributed by atoms with Gasteiger partial charge in [0.15, 0.2) is 0 Å². The van der Waals surface area contributed by atoms with Gasteiger partial charge in [-0.1, -0.05) is 17.7 Å². The molecule has 2 N–H and O–H groups in total. The highest BCUT2D eigenvalue weighted by atomic mass is 35.5. The molecule has 5 heteroatoms. The highest BCUT2D eigenvalue weighted by Gasteiger charge is 2.18. The first-order valence-corrected chi connectivity index (χ1v) is 6.35. The maximum Gasteiger partial charge on any atom is 0.339 e. The molecule has 0 aromatic heterocycles. The maximum absolute atomic E-state index is 11.9. The molecule has 1 aliphatic heterocycles. The number of halogens is 1. The number of carbonyl (C=O) groups is 1. The lowest BCUT2D eigenvalue weighted by Crippen LogP contribution is -2.22. The van der Waals surface area contributed by atoms with Crippen LogP contribution in [0.1, 0.15) is 23.2 Å². The van der Waals surface area contributed by atoms with Gasteiger partial charge in [0.05, 0.1) is 22.9 Å². The Morgan fingerprint density at radius 2 is 2.17 bits per heavy atom. The molecule has 1 aromatic carbocycles. The molecular weight excluding hydrogens is 254 g/mol. The Bertz CT molecular complexity index is 430. The highest BCUT2D eigenvalue weighted by Crippen LogP contribution is 2.24. The normalized spacial score (nSPS) is 16.5. The summed E-state index contributed by atoms with van der Waals surface area (Å²) in [6, 6.07) is 4.95. The molecule has 1 fully saturated rings. The first kappa shape index (κ1) is 13.2. The van der Waals surface area contributed by atoms with Crippen LogP contribution in [0.3, 0.4) is 0 Å². The lowest BCUT2D eigenvalue weighted by atomic mass is 10.0. The van der Waals surface area contributed by atoms with Gasteiger partial charge < -0.3 is 15.2 Å². The van der Waals surface area contributed by atoms with Crippen molar-refractivity contribution in [1.29, 1.82) is 0 Å². The summed E-state index contributed by atoms with van der Waals surface area (Å²) in [4.78, 5) is 11.9. The van der Waals surface area contributed by atoms with Crippen molar-refractivity contribution in [2.75, 3.05) is 25.6 Å². The van der Waals surface area contributed by atoms with Crippen LogP contribution in [-0.2, 0) is 9.47 Å². The Labute approximate surface area is 111 Å². The number of ether oxygens (including phenoxy) is 2. The Morgan fingerprint density at radius 3 is 2.89 bits per heavy atom. The second-order valence-corrected chi connectivity index (χ2v) is 4.74. The molecule has 1 heterocycles. The third-order valence-electron chi connectivity index (χ3n) is 3.04. The molecule has 98 valence electrons. The van der Waals surface area contributed by atoms with Crippen LogP contribution >= 0.6 is 11.6 Å². The lowest BCUT2D eigenvalue weighted by Gasteiger charge is -2.21. The van der Waals surface area contributed by atoms with E-state index in [1.165, 1.54) is 0 Å². The number of nitrogen functional groups attached to an aromatic ring is 1. The first-order valence-electron chi connectivity index (χ1n) is 5.97. The smallest absolute Gasteiger partial charge is 0.339 e. The molecule has 0 spiro atoms. The molecule has 2 rings (SSSR count). The van der Waals surface area contributed by atoms with Gasteiger partial charge in [-0.25, -0.2) is 4.79 Å². The van der Waals surface area contributed by atoms with E-state index in [2.05, 4.69) is 0 Å². The molecule has 0 bridgehead atoms. The van der Waals surface area contributed by atoms with Gasteiger partial charge in [-0.05, 0) is 30.9 Å². The second-order valence-electron chi connectivity index (χ2n) is 4.36. The molecule has 0 radical (unpaired) electrons. The summed E-state index contributed by atoms with van der Waals surface area (Å²) in [6.45, 7) is 1.88. The average molecular weight is 270 g/mol. The number of carbonyl (C=O) groups excluding carboxylic acids is 1. The van der Waals surface area contributed by atoms with Gasteiger partial charge in [-0.2, -0.15) is 0 Å². The summed E-state index contributed by atoms with van der Waals surface area (Å²) in [7, 11) is 0. The molecule has 1 aromatic rings. The van der Waals surface area contributed by atoms with Gasteiger partial charge in [-0.3, -0.25) is 0 Å². The minimum absolute atomic E-state index is 0.259. The van der Waals surface area contributed by atoms with Crippen LogP contribution in [-0.4, -0.2) is 25.8 Å². The number of esters is 1. The predicted molar refractivity (Wildman–Crippen MR) is 69.7 cm³/mol. The van der Waals surface area contributed by atoms with Crippen LogP contribution in [0.4, 0.5) is 5.69 Å². The van der Waals surface area contributed by atoms with Crippen LogP contribution in [0.2, 0.25) is 5.02 Å². The standard InChI is InChI=1S/C13H16ClNO3/c14-12-10(2-1-3-11(12)15)13(16)18-8-9-4-6-17-7-5-9/h1-3,9H,4-8,15H2. The van der Waals surface area contributed by atoms with E-state index in [1.54, 1.807) is 18.2 Å². The summed E-state index contributed by atoms with van der Waals surface area (Å²) in [5.74, 6) is -0.0404. The van der Waals surface area contributed by atoms with Gasteiger partial charge in [0, 0.05) is 13.2 Å². The fourth-order valence-electron chi connectivity index (χ4n) is 1.89. The molecule has 18 heavy (non-hydrogen) atoms. The minimum atomic E-state index is -0.418. The molecule has 0 atom stereocenters. The van der Waals surface area contributed by atoms with Crippen LogP contribution in [0.15, 0.2) is 18.2 Å². The van der Waals surface area contributed by atoms with Gasteiger partial charge in [0.1, 0.15) is 0 Å². The van der Waals surface area contributed by atoms with E-state index in [9.17, 15) is 4.79 Å². The van der Waals surface area contributed by atoms with E-state index in [0.717, 1.165) is 26.1 Å². The van der Waals surface area contributed by atoms with Crippen LogP contribution < -0.4 is 5.73 Å². The molecule has 1 aliphatic rings. The monoisotopic (exact) mass is 269 g/mol. The van der Waals surface area contributed by atoms with E-state index < -0.39 is 5.97 Å². The zero-order valence-electron chi connectivity index (χ0n) is 10.0. The number of hydrogen-bond acceptors (Lipinski definition) is 4. The van der Waals surface area contributed by atoms with Crippen molar-refractivity contribution in [3.05, 3.63) is 28.8 Å². The SMILES string of the molecule is Nc1cccc(C(=O)OCC2CCOCC2)c1Cl. The number of nitrogens with two attached hydrogens (primary N) is 1. The van der Waals surface area contributed by atoms with Crippen molar-refractivity contribution in [1.82, 2.24) is 0 Å². The van der Waals surface area contributed by atoms with Crippen LogP contribution in [0.5, 0.6) is 0 Å². The maximum atomic E-state index is 11.9. The summed E-state index contributed by atoms with van der Waals surface area (Å²) in [5.41, 5.74) is 6.35. The largest absolute Gasteiger partial charge is 0.462 e. The molecule has 0 unspecified atom stereocenters. The summed E-state index contributed by atoms with van der Waals surface area (Å²) < 4.78 is 10.5.